The summed E-state index contributed by atoms with van der Waals surface area (Å²) >= 11 is 0. The maximum Gasteiger partial charge on any atom is 0.320 e. The molecule has 0 aliphatic rings. The number of hydrogen-bond acceptors (Lipinski definition) is 4. The molecule has 6 heteroatoms. The van der Waals surface area contributed by atoms with Crippen molar-refractivity contribution in [1.82, 2.24) is 10.3 Å². The Morgan fingerprint density at radius 1 is 1.41 bits per heavy atom. The average molecular weight is 237 g/mol. The summed E-state index contributed by atoms with van der Waals surface area (Å²) < 4.78 is 0. The molecule has 1 atom stereocenters. The van der Waals surface area contributed by atoms with E-state index in [1.807, 2.05) is 0 Å². The number of amides is 1. The van der Waals surface area contributed by atoms with Crippen LogP contribution in [-0.2, 0) is 4.79 Å². The lowest BCUT2D eigenvalue weighted by atomic mass is 10.1. The van der Waals surface area contributed by atoms with Gasteiger partial charge < -0.3 is 16.2 Å². The fraction of sp³-hybridized carbons (Fsp3) is 0.364. The second-order valence-corrected chi connectivity index (χ2v) is 3.58. The van der Waals surface area contributed by atoms with E-state index in [0.717, 1.165) is 0 Å². The Kier molecular flexibility index (Phi) is 5.09. The minimum Gasteiger partial charge on any atom is -0.480 e. The molecule has 1 aromatic rings. The molecule has 0 fully saturated rings. The van der Waals surface area contributed by atoms with Crippen molar-refractivity contribution in [2.75, 3.05) is 6.54 Å². The molecule has 0 radical (unpaired) electrons. The molecule has 1 unspecified atom stereocenters. The molecular formula is C11H15N3O3. The van der Waals surface area contributed by atoms with Gasteiger partial charge in [-0.1, -0.05) is 0 Å². The number of nitrogens with two attached hydrogens (primary N) is 1. The van der Waals surface area contributed by atoms with Crippen LogP contribution in [0.25, 0.3) is 0 Å². The van der Waals surface area contributed by atoms with Gasteiger partial charge >= 0.3 is 5.97 Å². The van der Waals surface area contributed by atoms with Crippen LogP contribution in [0.15, 0.2) is 24.5 Å². The number of pyridine rings is 1. The Labute approximate surface area is 98.8 Å². The Morgan fingerprint density at radius 2 is 2.06 bits per heavy atom. The van der Waals surface area contributed by atoms with Crippen LogP contribution in [0.4, 0.5) is 0 Å². The molecule has 17 heavy (non-hydrogen) atoms. The van der Waals surface area contributed by atoms with E-state index in [9.17, 15) is 9.59 Å². The molecule has 4 N–H and O–H groups in total. The summed E-state index contributed by atoms with van der Waals surface area (Å²) in [6.07, 6.45) is 3.95. The van der Waals surface area contributed by atoms with Crippen LogP contribution < -0.4 is 11.1 Å². The van der Waals surface area contributed by atoms with Crippen LogP contribution in [0.3, 0.4) is 0 Å². The van der Waals surface area contributed by atoms with Gasteiger partial charge in [0, 0.05) is 24.5 Å². The third kappa shape index (κ3) is 4.60. The molecule has 0 bridgehead atoms. The molecule has 1 aromatic heterocycles. The molecule has 0 saturated heterocycles. The summed E-state index contributed by atoms with van der Waals surface area (Å²) in [5.41, 5.74) is 5.85. The van der Waals surface area contributed by atoms with E-state index >= 15 is 0 Å². The minimum atomic E-state index is -1.02. The van der Waals surface area contributed by atoms with Crippen molar-refractivity contribution < 1.29 is 14.7 Å². The van der Waals surface area contributed by atoms with E-state index in [4.69, 9.17) is 10.8 Å². The normalized spacial score (nSPS) is 11.8. The predicted octanol–water partition coefficient (Wildman–Crippen LogP) is 0.00350. The first kappa shape index (κ1) is 13.1. The van der Waals surface area contributed by atoms with E-state index in [1.165, 1.54) is 12.4 Å². The number of hydrogen-bond donors (Lipinski definition) is 3. The smallest absolute Gasteiger partial charge is 0.320 e. The van der Waals surface area contributed by atoms with E-state index in [1.54, 1.807) is 12.1 Å². The van der Waals surface area contributed by atoms with Crippen LogP contribution >= 0.6 is 0 Å². The summed E-state index contributed by atoms with van der Waals surface area (Å²) in [5.74, 6) is -1.22. The van der Waals surface area contributed by atoms with Gasteiger partial charge in [0.1, 0.15) is 6.04 Å². The zero-order valence-corrected chi connectivity index (χ0v) is 9.30. The first-order valence-electron chi connectivity index (χ1n) is 5.28. The van der Waals surface area contributed by atoms with Gasteiger partial charge in [0.2, 0.25) is 0 Å². The highest BCUT2D eigenvalue weighted by Gasteiger charge is 2.10. The fourth-order valence-corrected chi connectivity index (χ4v) is 1.25. The lowest BCUT2D eigenvalue weighted by Gasteiger charge is -2.07. The van der Waals surface area contributed by atoms with Gasteiger partial charge in [0.25, 0.3) is 5.91 Å². The van der Waals surface area contributed by atoms with Crippen molar-refractivity contribution in [3.05, 3.63) is 30.1 Å². The van der Waals surface area contributed by atoms with Crippen molar-refractivity contribution in [1.29, 1.82) is 0 Å². The fourth-order valence-electron chi connectivity index (χ4n) is 1.25. The van der Waals surface area contributed by atoms with Gasteiger partial charge in [0.15, 0.2) is 0 Å². The molecule has 0 aliphatic carbocycles. The Bertz CT molecular complexity index is 381. The topological polar surface area (TPSA) is 105 Å². The zero-order chi connectivity index (χ0) is 12.7. The van der Waals surface area contributed by atoms with Crippen LogP contribution in [0, 0.1) is 0 Å². The highest BCUT2D eigenvalue weighted by molar-refractivity contribution is 5.93. The highest BCUT2D eigenvalue weighted by Crippen LogP contribution is 1.97. The second kappa shape index (κ2) is 6.59. The first-order valence-corrected chi connectivity index (χ1v) is 5.28. The number of aromatic nitrogens is 1. The Hall–Kier alpha value is -1.95. The molecule has 0 spiro atoms. The zero-order valence-electron chi connectivity index (χ0n) is 9.30. The molecule has 0 aliphatic heterocycles. The lowest BCUT2D eigenvalue weighted by molar-refractivity contribution is -0.138. The number of nitrogens with zero attached hydrogens (tertiary/aromatic N) is 1. The number of carbonyl (C=O) groups excluding carboxylic acids is 1. The van der Waals surface area contributed by atoms with Crippen molar-refractivity contribution in [3.8, 4) is 0 Å². The summed E-state index contributed by atoms with van der Waals surface area (Å²) in [7, 11) is 0. The highest BCUT2D eigenvalue weighted by atomic mass is 16.4. The van der Waals surface area contributed by atoms with Crippen molar-refractivity contribution in [2.45, 2.75) is 18.9 Å². The monoisotopic (exact) mass is 237 g/mol. The second-order valence-electron chi connectivity index (χ2n) is 3.58. The molecule has 1 amide bonds. The van der Waals surface area contributed by atoms with Gasteiger partial charge in [-0.3, -0.25) is 14.6 Å². The number of carboxylic acid groups (broad SMARTS) is 1. The van der Waals surface area contributed by atoms with Gasteiger partial charge in [-0.2, -0.15) is 0 Å². The average Bonchev–Trinajstić information content (AvgIpc) is 2.35. The molecule has 1 rings (SSSR count). The first-order chi connectivity index (χ1) is 8.11. The molecule has 0 aromatic carbocycles. The quantitative estimate of drug-likeness (QED) is 0.604. The number of nitrogens with one attached hydrogen (secondary N) is 1. The molecular weight excluding hydrogens is 222 g/mol. The summed E-state index contributed by atoms with van der Waals surface area (Å²) in [6.45, 7) is 0.405. The van der Waals surface area contributed by atoms with E-state index in [0.29, 0.717) is 24.9 Å². The number of carboxylic acids is 1. The van der Waals surface area contributed by atoms with Gasteiger partial charge in [-0.25, -0.2) is 0 Å². The summed E-state index contributed by atoms with van der Waals surface area (Å²) in [6, 6.07) is 2.35. The van der Waals surface area contributed by atoms with Crippen molar-refractivity contribution in [2.24, 2.45) is 5.73 Å². The lowest BCUT2D eigenvalue weighted by Crippen LogP contribution is -2.32. The third-order valence-electron chi connectivity index (χ3n) is 2.24. The van der Waals surface area contributed by atoms with E-state index in [2.05, 4.69) is 10.3 Å². The van der Waals surface area contributed by atoms with Crippen LogP contribution in [0.1, 0.15) is 23.2 Å². The molecule has 6 nitrogen and oxygen atoms in total. The largest absolute Gasteiger partial charge is 0.480 e. The maximum atomic E-state index is 11.5. The minimum absolute atomic E-state index is 0.198. The SMILES string of the molecule is NC(CCCNC(=O)c1ccncc1)C(=O)O. The number of carbonyl (C=O) groups is 2. The van der Waals surface area contributed by atoms with Crippen LogP contribution in [-0.4, -0.2) is 34.6 Å². The van der Waals surface area contributed by atoms with Crippen molar-refractivity contribution >= 4 is 11.9 Å². The molecule has 1 heterocycles. The molecule has 0 saturated carbocycles. The van der Waals surface area contributed by atoms with Gasteiger partial charge in [-0.15, -0.1) is 0 Å². The van der Waals surface area contributed by atoms with Crippen LogP contribution in [0.5, 0.6) is 0 Å². The molecule has 92 valence electrons. The van der Waals surface area contributed by atoms with Gasteiger partial charge in [0.05, 0.1) is 0 Å². The summed E-state index contributed by atoms with van der Waals surface area (Å²) in [5, 5.41) is 11.2. The van der Waals surface area contributed by atoms with E-state index < -0.39 is 12.0 Å². The van der Waals surface area contributed by atoms with E-state index in [-0.39, 0.29) is 5.91 Å². The van der Waals surface area contributed by atoms with Crippen LogP contribution in [0.2, 0.25) is 0 Å². The number of rotatable bonds is 6. The van der Waals surface area contributed by atoms with Gasteiger partial charge in [-0.05, 0) is 25.0 Å². The Morgan fingerprint density at radius 3 is 2.65 bits per heavy atom. The predicted molar refractivity (Wildman–Crippen MR) is 61.4 cm³/mol. The number of aliphatic carboxylic acids is 1. The maximum absolute atomic E-state index is 11.5. The third-order valence-corrected chi connectivity index (χ3v) is 2.24. The summed E-state index contributed by atoms with van der Waals surface area (Å²) in [4.78, 5) is 25.8. The standard InChI is InChI=1S/C11H15N3O3/c12-9(11(16)17)2-1-5-14-10(15)8-3-6-13-7-4-8/h3-4,6-7,9H,1-2,5,12H2,(H,14,15)(H,16,17). The van der Waals surface area contributed by atoms with Crippen molar-refractivity contribution in [3.63, 3.8) is 0 Å². The Balaban J connectivity index is 2.24.